The normalized spacial score (nSPS) is 13.9. The highest BCUT2D eigenvalue weighted by molar-refractivity contribution is 5.98. The molecule has 0 fully saturated rings. The number of hydrogen-bond acceptors (Lipinski definition) is 3. The SMILES string of the molecule is c1ccc(-c2ccccc2N(c2cccc(-c3ccc4c(c3)-c3ccccc3C43c4ccccc4Oc4ccccc43)c2)c2cccc(-c3cccc4c3-c3ccccc3C43c4ccccc4Oc4ccccc43)c2)cc1. The highest BCUT2D eigenvalue weighted by atomic mass is 16.5. The van der Waals surface area contributed by atoms with Crippen LogP contribution in [0.1, 0.15) is 44.5 Å². The van der Waals surface area contributed by atoms with Gasteiger partial charge in [0.25, 0.3) is 0 Å². The first-order chi connectivity index (χ1) is 38.2. The van der Waals surface area contributed by atoms with Crippen LogP contribution in [0.4, 0.5) is 17.1 Å². The summed E-state index contributed by atoms with van der Waals surface area (Å²) in [7, 11) is 0. The molecule has 0 N–H and O–H groups in total. The second-order valence-corrected chi connectivity index (χ2v) is 20.6. The van der Waals surface area contributed by atoms with E-state index in [0.29, 0.717) is 0 Å². The Labute approximate surface area is 448 Å². The first-order valence-electron chi connectivity index (χ1n) is 26.6. The average Bonchev–Trinajstić information content (AvgIpc) is 4.08. The molecule has 0 saturated heterocycles. The molecule has 3 nitrogen and oxygen atoms in total. The molecule has 0 amide bonds. The minimum Gasteiger partial charge on any atom is -0.457 e. The van der Waals surface area contributed by atoms with Gasteiger partial charge in [0, 0.05) is 39.2 Å². The van der Waals surface area contributed by atoms with Crippen molar-refractivity contribution in [3.63, 3.8) is 0 Å². The molecule has 2 aliphatic heterocycles. The van der Waals surface area contributed by atoms with Crippen LogP contribution >= 0.6 is 0 Å². The van der Waals surface area contributed by atoms with Crippen molar-refractivity contribution in [1.82, 2.24) is 0 Å². The fourth-order valence-corrected chi connectivity index (χ4v) is 13.8. The molecular formula is C74H47NO2. The van der Waals surface area contributed by atoms with Crippen LogP contribution in [-0.4, -0.2) is 0 Å². The standard InChI is InChI=1S/C74H47NO2/c1-2-21-48(22-3-1)54-27-6-13-38-67(54)75(52-25-18-23-49(45-52)50-43-44-61-58(47-50)56-28-4-7-31-59(56)73(61)62-33-9-14-39-68(62)76-69-40-15-10-34-63(69)73)53-26-19-24-51(46-53)55-30-20-37-66-72(55)57-29-5-8-32-60(57)74(66)64-35-11-16-41-70(64)77-71-42-17-12-36-65(71)74/h1-47H. The van der Waals surface area contributed by atoms with E-state index < -0.39 is 10.8 Å². The van der Waals surface area contributed by atoms with E-state index in [0.717, 1.165) is 90.1 Å². The van der Waals surface area contributed by atoms with Crippen LogP contribution in [0.2, 0.25) is 0 Å². The van der Waals surface area contributed by atoms with Crippen molar-refractivity contribution in [3.05, 3.63) is 330 Å². The molecule has 4 aliphatic rings. The van der Waals surface area contributed by atoms with Crippen molar-refractivity contribution in [3.8, 4) is 78.6 Å². The van der Waals surface area contributed by atoms with Crippen molar-refractivity contribution < 1.29 is 9.47 Å². The lowest BCUT2D eigenvalue weighted by Gasteiger charge is -2.39. The molecule has 77 heavy (non-hydrogen) atoms. The maximum Gasteiger partial charge on any atom is 0.132 e. The number of anilines is 3. The molecule has 3 heteroatoms. The van der Waals surface area contributed by atoms with E-state index in [-0.39, 0.29) is 0 Å². The van der Waals surface area contributed by atoms with E-state index in [1.165, 1.54) is 50.1 Å². The minimum absolute atomic E-state index is 0.526. The van der Waals surface area contributed by atoms with Gasteiger partial charge < -0.3 is 14.4 Å². The van der Waals surface area contributed by atoms with E-state index in [1.807, 2.05) is 0 Å². The van der Waals surface area contributed by atoms with E-state index in [9.17, 15) is 0 Å². The Bertz CT molecular complexity index is 4290. The van der Waals surface area contributed by atoms with Crippen LogP contribution in [0.5, 0.6) is 23.0 Å². The summed E-state index contributed by atoms with van der Waals surface area (Å²) in [5.41, 5.74) is 23.7. The Morgan fingerprint density at radius 2 is 0.636 bits per heavy atom. The number of rotatable bonds is 6. The Balaban J connectivity index is 0.874. The quantitative estimate of drug-likeness (QED) is 0.166. The molecule has 12 aromatic rings. The van der Waals surface area contributed by atoms with E-state index in [1.54, 1.807) is 0 Å². The number of para-hydroxylation sites is 5. The van der Waals surface area contributed by atoms with Crippen molar-refractivity contribution >= 4 is 17.1 Å². The summed E-state index contributed by atoms with van der Waals surface area (Å²) in [4.78, 5) is 2.45. The van der Waals surface area contributed by atoms with Gasteiger partial charge in [-0.1, -0.05) is 224 Å². The van der Waals surface area contributed by atoms with Gasteiger partial charge in [-0.25, -0.2) is 0 Å². The van der Waals surface area contributed by atoms with Gasteiger partial charge in [0.15, 0.2) is 0 Å². The zero-order valence-corrected chi connectivity index (χ0v) is 41.9. The van der Waals surface area contributed by atoms with Gasteiger partial charge in [-0.2, -0.15) is 0 Å². The predicted molar refractivity (Wildman–Crippen MR) is 312 cm³/mol. The van der Waals surface area contributed by atoms with E-state index >= 15 is 0 Å². The molecule has 0 saturated carbocycles. The van der Waals surface area contributed by atoms with Crippen LogP contribution in [0.15, 0.2) is 285 Å². The number of hydrogen-bond donors (Lipinski definition) is 0. The van der Waals surface area contributed by atoms with Crippen molar-refractivity contribution in [1.29, 1.82) is 0 Å². The predicted octanol–water partition coefficient (Wildman–Crippen LogP) is 19.1. The zero-order valence-electron chi connectivity index (χ0n) is 41.9. The number of benzene rings is 12. The molecule has 16 rings (SSSR count). The molecule has 2 aliphatic carbocycles. The molecule has 0 radical (unpaired) electrons. The minimum atomic E-state index is -0.563. The number of ether oxygens (including phenoxy) is 2. The van der Waals surface area contributed by atoms with Crippen LogP contribution < -0.4 is 14.4 Å². The van der Waals surface area contributed by atoms with Crippen molar-refractivity contribution in [2.24, 2.45) is 0 Å². The summed E-state index contributed by atoms with van der Waals surface area (Å²) in [5, 5.41) is 0. The van der Waals surface area contributed by atoms with Gasteiger partial charge in [0.2, 0.25) is 0 Å². The second-order valence-electron chi connectivity index (χ2n) is 20.6. The summed E-state index contributed by atoms with van der Waals surface area (Å²) in [6.07, 6.45) is 0. The molecule has 2 heterocycles. The number of fused-ring (bicyclic) bond motifs is 18. The molecule has 12 aromatic carbocycles. The summed E-state index contributed by atoms with van der Waals surface area (Å²) >= 11 is 0. The Kier molecular flexibility index (Phi) is 9.47. The van der Waals surface area contributed by atoms with Crippen LogP contribution in [0.3, 0.4) is 0 Å². The molecule has 0 unspecified atom stereocenters. The maximum absolute atomic E-state index is 6.68. The van der Waals surface area contributed by atoms with Crippen molar-refractivity contribution in [2.75, 3.05) is 4.90 Å². The molecule has 2 spiro atoms. The average molecular weight is 982 g/mol. The summed E-state index contributed by atoms with van der Waals surface area (Å²) in [5.74, 6) is 3.57. The second kappa shape index (κ2) is 16.8. The fraction of sp³-hybridized carbons (Fsp3) is 0.0270. The third-order valence-corrected chi connectivity index (χ3v) is 16.8. The van der Waals surface area contributed by atoms with Gasteiger partial charge in [-0.15, -0.1) is 0 Å². The van der Waals surface area contributed by atoms with Crippen LogP contribution in [-0.2, 0) is 10.8 Å². The summed E-state index contributed by atoms with van der Waals surface area (Å²) < 4.78 is 13.3. The largest absolute Gasteiger partial charge is 0.457 e. The summed E-state index contributed by atoms with van der Waals surface area (Å²) in [6, 6.07) is 104. The maximum atomic E-state index is 6.68. The van der Waals surface area contributed by atoms with Gasteiger partial charge in [0.05, 0.1) is 16.5 Å². The first kappa shape index (κ1) is 43.4. The van der Waals surface area contributed by atoms with E-state index in [2.05, 4.69) is 290 Å². The van der Waals surface area contributed by atoms with E-state index in [4.69, 9.17) is 9.47 Å². The third kappa shape index (κ3) is 6.14. The molecule has 0 atom stereocenters. The Morgan fingerprint density at radius 1 is 0.234 bits per heavy atom. The highest BCUT2D eigenvalue weighted by Crippen LogP contribution is 2.65. The molecule has 0 bridgehead atoms. The van der Waals surface area contributed by atoms with Gasteiger partial charge in [0.1, 0.15) is 23.0 Å². The molecule has 360 valence electrons. The van der Waals surface area contributed by atoms with Crippen LogP contribution in [0.25, 0.3) is 55.6 Å². The topological polar surface area (TPSA) is 21.7 Å². The molecule has 0 aromatic heterocycles. The zero-order chi connectivity index (χ0) is 50.7. The van der Waals surface area contributed by atoms with Crippen LogP contribution in [0, 0.1) is 0 Å². The fourth-order valence-electron chi connectivity index (χ4n) is 13.8. The lowest BCUT2D eigenvalue weighted by atomic mass is 9.66. The Morgan fingerprint density at radius 3 is 1.26 bits per heavy atom. The molecular weight excluding hydrogens is 935 g/mol. The highest BCUT2D eigenvalue weighted by Gasteiger charge is 2.53. The number of nitrogens with zero attached hydrogens (tertiary/aromatic N) is 1. The lowest BCUT2D eigenvalue weighted by molar-refractivity contribution is 0.436. The van der Waals surface area contributed by atoms with Gasteiger partial charge in [-0.05, 0) is 133 Å². The first-order valence-corrected chi connectivity index (χ1v) is 26.6. The lowest BCUT2D eigenvalue weighted by Crippen LogP contribution is -2.32. The summed E-state index contributed by atoms with van der Waals surface area (Å²) in [6.45, 7) is 0. The Hall–Kier alpha value is -9.96. The van der Waals surface area contributed by atoms with Gasteiger partial charge >= 0.3 is 0 Å². The monoisotopic (exact) mass is 981 g/mol. The van der Waals surface area contributed by atoms with Crippen molar-refractivity contribution in [2.45, 2.75) is 10.8 Å². The third-order valence-electron chi connectivity index (χ3n) is 16.8. The van der Waals surface area contributed by atoms with Gasteiger partial charge in [-0.3, -0.25) is 0 Å². The smallest absolute Gasteiger partial charge is 0.132 e.